The smallest absolute Gasteiger partial charge is 0.274 e. The van der Waals surface area contributed by atoms with Crippen LogP contribution in [0, 0.1) is 6.92 Å². The van der Waals surface area contributed by atoms with Gasteiger partial charge in [-0.25, -0.2) is 0 Å². The van der Waals surface area contributed by atoms with Crippen LogP contribution in [0.15, 0.2) is 36.7 Å². The van der Waals surface area contributed by atoms with Crippen LogP contribution in [-0.4, -0.2) is 39.1 Å². The third kappa shape index (κ3) is 3.60. The lowest BCUT2D eigenvalue weighted by Gasteiger charge is -2.20. The van der Waals surface area contributed by atoms with E-state index in [2.05, 4.69) is 15.2 Å². The van der Waals surface area contributed by atoms with Gasteiger partial charge in [0.1, 0.15) is 0 Å². The summed E-state index contributed by atoms with van der Waals surface area (Å²) in [5.74, 6) is -0.0749. The van der Waals surface area contributed by atoms with Crippen molar-refractivity contribution in [2.45, 2.75) is 20.3 Å². The third-order valence-corrected chi connectivity index (χ3v) is 3.11. The summed E-state index contributed by atoms with van der Waals surface area (Å²) < 4.78 is 0. The standard InChI is InChI=1S/C15H18N4O/c1-3-19(11-8-13-6-9-16-10-7-13)15(20)14-5-4-12(2)17-18-14/h4-7,9-10H,3,8,11H2,1-2H3. The van der Waals surface area contributed by atoms with E-state index in [4.69, 9.17) is 0 Å². The van der Waals surface area contributed by atoms with E-state index in [1.165, 1.54) is 5.56 Å². The molecule has 1 amide bonds. The fraction of sp³-hybridized carbons (Fsp3) is 0.333. The van der Waals surface area contributed by atoms with E-state index in [0.717, 1.165) is 12.1 Å². The molecule has 0 bridgehead atoms. The first-order valence-corrected chi connectivity index (χ1v) is 6.69. The molecule has 0 aliphatic rings. The van der Waals surface area contributed by atoms with Gasteiger partial charge in [-0.05, 0) is 50.1 Å². The van der Waals surface area contributed by atoms with E-state index in [1.54, 1.807) is 29.4 Å². The summed E-state index contributed by atoms with van der Waals surface area (Å²) in [6, 6.07) is 7.45. The molecule has 0 saturated heterocycles. The van der Waals surface area contributed by atoms with Crippen LogP contribution in [0.25, 0.3) is 0 Å². The number of rotatable bonds is 5. The van der Waals surface area contributed by atoms with Crippen molar-refractivity contribution < 1.29 is 4.79 Å². The molecule has 2 heterocycles. The summed E-state index contributed by atoms with van der Waals surface area (Å²) in [5, 5.41) is 7.88. The summed E-state index contributed by atoms with van der Waals surface area (Å²) in [6.07, 6.45) is 4.33. The summed E-state index contributed by atoms with van der Waals surface area (Å²) in [6.45, 7) is 5.13. The minimum absolute atomic E-state index is 0.0749. The van der Waals surface area contributed by atoms with Gasteiger partial charge in [0, 0.05) is 25.5 Å². The van der Waals surface area contributed by atoms with Crippen molar-refractivity contribution >= 4 is 5.91 Å². The number of hydrogen-bond acceptors (Lipinski definition) is 4. The number of carbonyl (C=O) groups excluding carboxylic acids is 1. The Morgan fingerprint density at radius 3 is 2.50 bits per heavy atom. The average Bonchev–Trinajstić information content (AvgIpc) is 2.49. The molecule has 2 aromatic rings. The van der Waals surface area contributed by atoms with E-state index < -0.39 is 0 Å². The Morgan fingerprint density at radius 2 is 1.90 bits per heavy atom. The highest BCUT2D eigenvalue weighted by Crippen LogP contribution is 2.05. The number of pyridine rings is 1. The largest absolute Gasteiger partial charge is 0.337 e. The minimum Gasteiger partial charge on any atom is -0.337 e. The number of aromatic nitrogens is 3. The Hall–Kier alpha value is -2.30. The predicted octanol–water partition coefficient (Wildman–Crippen LogP) is 1.88. The molecular formula is C15H18N4O. The Morgan fingerprint density at radius 1 is 1.15 bits per heavy atom. The zero-order chi connectivity index (χ0) is 14.4. The molecule has 104 valence electrons. The van der Waals surface area contributed by atoms with Crippen LogP contribution >= 0.6 is 0 Å². The van der Waals surface area contributed by atoms with Crippen LogP contribution in [0.2, 0.25) is 0 Å². The average molecular weight is 270 g/mol. The Kier molecular flexibility index (Phi) is 4.76. The first-order chi connectivity index (χ1) is 9.70. The van der Waals surface area contributed by atoms with Crippen molar-refractivity contribution in [2.75, 3.05) is 13.1 Å². The van der Waals surface area contributed by atoms with Crippen LogP contribution in [-0.2, 0) is 6.42 Å². The molecule has 0 aromatic carbocycles. The molecule has 20 heavy (non-hydrogen) atoms. The fourth-order valence-corrected chi connectivity index (χ4v) is 1.89. The summed E-state index contributed by atoms with van der Waals surface area (Å²) in [5.41, 5.74) is 2.37. The Labute approximate surface area is 118 Å². The summed E-state index contributed by atoms with van der Waals surface area (Å²) in [4.78, 5) is 18.1. The molecule has 0 saturated carbocycles. The number of amides is 1. The predicted molar refractivity (Wildman–Crippen MR) is 76.3 cm³/mol. The first-order valence-electron chi connectivity index (χ1n) is 6.69. The van der Waals surface area contributed by atoms with Crippen LogP contribution < -0.4 is 0 Å². The maximum atomic E-state index is 12.3. The highest BCUT2D eigenvalue weighted by molar-refractivity contribution is 5.92. The van der Waals surface area contributed by atoms with Gasteiger partial charge in [-0.2, -0.15) is 5.10 Å². The van der Waals surface area contributed by atoms with E-state index in [0.29, 0.717) is 18.8 Å². The zero-order valence-electron chi connectivity index (χ0n) is 11.8. The van der Waals surface area contributed by atoms with Gasteiger partial charge in [-0.3, -0.25) is 9.78 Å². The second kappa shape index (κ2) is 6.75. The van der Waals surface area contributed by atoms with Gasteiger partial charge in [0.25, 0.3) is 5.91 Å². The van der Waals surface area contributed by atoms with Crippen LogP contribution in [0.1, 0.15) is 28.7 Å². The maximum absolute atomic E-state index is 12.3. The molecule has 5 heteroatoms. The summed E-state index contributed by atoms with van der Waals surface area (Å²) >= 11 is 0. The number of aryl methyl sites for hydroxylation is 1. The molecule has 2 aromatic heterocycles. The van der Waals surface area contributed by atoms with Gasteiger partial charge >= 0.3 is 0 Å². The third-order valence-electron chi connectivity index (χ3n) is 3.11. The molecular weight excluding hydrogens is 252 g/mol. The van der Waals surface area contributed by atoms with E-state index in [1.807, 2.05) is 26.0 Å². The second-order valence-electron chi connectivity index (χ2n) is 4.55. The number of likely N-dealkylation sites (N-methyl/N-ethyl adjacent to an activating group) is 1. The zero-order valence-corrected chi connectivity index (χ0v) is 11.8. The van der Waals surface area contributed by atoms with Crippen molar-refractivity contribution in [1.29, 1.82) is 0 Å². The van der Waals surface area contributed by atoms with Crippen molar-refractivity contribution in [3.05, 3.63) is 53.6 Å². The quantitative estimate of drug-likeness (QED) is 0.832. The van der Waals surface area contributed by atoms with Gasteiger partial charge in [0.2, 0.25) is 0 Å². The lowest BCUT2D eigenvalue weighted by Crippen LogP contribution is -2.33. The Balaban J connectivity index is 2.00. The molecule has 0 unspecified atom stereocenters. The van der Waals surface area contributed by atoms with Crippen molar-refractivity contribution in [3.8, 4) is 0 Å². The second-order valence-corrected chi connectivity index (χ2v) is 4.55. The molecule has 0 aliphatic heterocycles. The van der Waals surface area contributed by atoms with Crippen molar-refractivity contribution in [1.82, 2.24) is 20.1 Å². The molecule has 0 fully saturated rings. The van der Waals surface area contributed by atoms with Gasteiger partial charge in [0.15, 0.2) is 5.69 Å². The fourth-order valence-electron chi connectivity index (χ4n) is 1.89. The first kappa shape index (κ1) is 14.1. The van der Waals surface area contributed by atoms with Gasteiger partial charge < -0.3 is 4.90 Å². The van der Waals surface area contributed by atoms with Crippen LogP contribution in [0.3, 0.4) is 0 Å². The highest BCUT2D eigenvalue weighted by Gasteiger charge is 2.15. The molecule has 2 rings (SSSR count). The number of hydrogen-bond donors (Lipinski definition) is 0. The lowest BCUT2D eigenvalue weighted by molar-refractivity contribution is 0.0759. The summed E-state index contributed by atoms with van der Waals surface area (Å²) in [7, 11) is 0. The molecule has 0 spiro atoms. The van der Waals surface area contributed by atoms with Gasteiger partial charge in [-0.1, -0.05) is 0 Å². The molecule has 0 aliphatic carbocycles. The topological polar surface area (TPSA) is 59.0 Å². The SMILES string of the molecule is CCN(CCc1ccncc1)C(=O)c1ccc(C)nn1. The molecule has 0 radical (unpaired) electrons. The highest BCUT2D eigenvalue weighted by atomic mass is 16.2. The van der Waals surface area contributed by atoms with Crippen molar-refractivity contribution in [2.24, 2.45) is 0 Å². The van der Waals surface area contributed by atoms with E-state index in [-0.39, 0.29) is 5.91 Å². The normalized spacial score (nSPS) is 10.3. The molecule has 0 N–H and O–H groups in total. The van der Waals surface area contributed by atoms with Crippen LogP contribution in [0.5, 0.6) is 0 Å². The minimum atomic E-state index is -0.0749. The van der Waals surface area contributed by atoms with E-state index in [9.17, 15) is 4.79 Å². The molecule has 5 nitrogen and oxygen atoms in total. The van der Waals surface area contributed by atoms with Gasteiger partial charge in [-0.15, -0.1) is 5.10 Å². The van der Waals surface area contributed by atoms with Crippen molar-refractivity contribution in [3.63, 3.8) is 0 Å². The van der Waals surface area contributed by atoms with E-state index >= 15 is 0 Å². The monoisotopic (exact) mass is 270 g/mol. The molecule has 0 atom stereocenters. The van der Waals surface area contributed by atoms with Crippen LogP contribution in [0.4, 0.5) is 0 Å². The maximum Gasteiger partial charge on any atom is 0.274 e. The van der Waals surface area contributed by atoms with Gasteiger partial charge in [0.05, 0.1) is 5.69 Å². The number of carbonyl (C=O) groups is 1. The lowest BCUT2D eigenvalue weighted by atomic mass is 10.2. The Bertz CT molecular complexity index is 554. The number of nitrogens with zero attached hydrogens (tertiary/aromatic N) is 4.